The summed E-state index contributed by atoms with van der Waals surface area (Å²) in [7, 11) is 1.22. The van der Waals surface area contributed by atoms with Crippen LogP contribution in [0.25, 0.3) is 10.9 Å². The van der Waals surface area contributed by atoms with Gasteiger partial charge in [0, 0.05) is 5.39 Å². The molecule has 0 aliphatic rings. The largest absolute Gasteiger partial charge is 0.493 e. The Labute approximate surface area is 110 Å². The predicted molar refractivity (Wildman–Crippen MR) is 71.0 cm³/mol. The van der Waals surface area contributed by atoms with Crippen molar-refractivity contribution in [2.45, 2.75) is 19.8 Å². The minimum Gasteiger partial charge on any atom is -0.493 e. The SMILES string of the molecule is COC(=O)N=Nc1c(O)[nH]c2ccc(C(C)C)cc12. The summed E-state index contributed by atoms with van der Waals surface area (Å²) in [6.07, 6.45) is -0.811. The van der Waals surface area contributed by atoms with Crippen molar-refractivity contribution < 1.29 is 14.6 Å². The normalized spacial score (nSPS) is 11.6. The number of methoxy groups -OCH3 is 1. The maximum absolute atomic E-state index is 11.0. The molecule has 2 aromatic rings. The van der Waals surface area contributed by atoms with Crippen LogP contribution in [-0.2, 0) is 4.74 Å². The number of aromatic hydroxyl groups is 1. The Kier molecular flexibility index (Phi) is 3.50. The van der Waals surface area contributed by atoms with Crippen molar-refractivity contribution in [1.82, 2.24) is 4.98 Å². The van der Waals surface area contributed by atoms with Crippen LogP contribution in [0.15, 0.2) is 28.4 Å². The molecule has 0 aliphatic heterocycles. The molecule has 2 N–H and O–H groups in total. The first-order chi connectivity index (χ1) is 9.02. The molecular formula is C13H15N3O3. The number of ether oxygens (including phenoxy) is 1. The lowest BCUT2D eigenvalue weighted by Gasteiger charge is -2.04. The molecule has 1 aromatic heterocycles. The van der Waals surface area contributed by atoms with Gasteiger partial charge in [0.1, 0.15) is 0 Å². The molecule has 0 bridgehead atoms. The van der Waals surface area contributed by atoms with Crippen molar-refractivity contribution in [1.29, 1.82) is 0 Å². The number of hydrogen-bond donors (Lipinski definition) is 2. The van der Waals surface area contributed by atoms with E-state index in [2.05, 4.69) is 33.8 Å². The number of amides is 1. The Hall–Kier alpha value is -2.37. The molecule has 0 unspecified atom stereocenters. The minimum absolute atomic E-state index is 0.122. The molecule has 0 saturated heterocycles. The molecule has 0 atom stereocenters. The van der Waals surface area contributed by atoms with Gasteiger partial charge in [-0.05, 0) is 23.6 Å². The van der Waals surface area contributed by atoms with E-state index in [1.807, 2.05) is 18.2 Å². The fourth-order valence-corrected chi connectivity index (χ4v) is 1.77. The van der Waals surface area contributed by atoms with E-state index < -0.39 is 6.09 Å². The van der Waals surface area contributed by atoms with Gasteiger partial charge in [-0.25, -0.2) is 4.79 Å². The number of carbonyl (C=O) groups excluding carboxylic acids is 1. The number of nitrogens with one attached hydrogen (secondary N) is 1. The van der Waals surface area contributed by atoms with Crippen LogP contribution in [0.4, 0.5) is 10.5 Å². The third-order valence-electron chi connectivity index (χ3n) is 2.85. The van der Waals surface area contributed by atoms with Crippen LogP contribution in [0.1, 0.15) is 25.3 Å². The summed E-state index contributed by atoms with van der Waals surface area (Å²) in [6, 6.07) is 5.76. The van der Waals surface area contributed by atoms with Crippen molar-refractivity contribution >= 4 is 22.7 Å². The van der Waals surface area contributed by atoms with E-state index in [0.717, 1.165) is 16.5 Å². The van der Waals surface area contributed by atoms with Crippen molar-refractivity contribution in [2.75, 3.05) is 7.11 Å². The van der Waals surface area contributed by atoms with Crippen molar-refractivity contribution in [3.63, 3.8) is 0 Å². The van der Waals surface area contributed by atoms with Gasteiger partial charge in [0.2, 0.25) is 5.88 Å². The summed E-state index contributed by atoms with van der Waals surface area (Å²) in [4.78, 5) is 13.7. The van der Waals surface area contributed by atoms with Crippen LogP contribution in [0.5, 0.6) is 5.88 Å². The summed E-state index contributed by atoms with van der Waals surface area (Å²) in [6.45, 7) is 4.15. The maximum atomic E-state index is 11.0. The summed E-state index contributed by atoms with van der Waals surface area (Å²) in [5, 5.41) is 17.6. The van der Waals surface area contributed by atoms with E-state index in [4.69, 9.17) is 0 Å². The zero-order valence-electron chi connectivity index (χ0n) is 11.0. The van der Waals surface area contributed by atoms with E-state index in [1.54, 1.807) is 0 Å². The number of benzene rings is 1. The Morgan fingerprint density at radius 1 is 1.42 bits per heavy atom. The van der Waals surface area contributed by atoms with Gasteiger partial charge in [0.05, 0.1) is 12.6 Å². The standard InChI is InChI=1S/C13H15N3O3/c1-7(2)8-4-5-10-9(6-8)11(12(17)14-10)15-16-13(18)19-3/h4-7,14,17H,1-3H3. The molecule has 6 nitrogen and oxygen atoms in total. The molecule has 0 saturated carbocycles. The number of aromatic amines is 1. The second kappa shape index (κ2) is 5.09. The topological polar surface area (TPSA) is 87.0 Å². The average Bonchev–Trinajstić information content (AvgIpc) is 2.70. The molecule has 0 radical (unpaired) electrons. The zero-order valence-corrected chi connectivity index (χ0v) is 11.0. The van der Waals surface area contributed by atoms with Gasteiger partial charge in [-0.15, -0.1) is 5.11 Å². The second-order valence-corrected chi connectivity index (χ2v) is 4.45. The smallest absolute Gasteiger partial charge is 0.452 e. The molecular weight excluding hydrogens is 246 g/mol. The number of fused-ring (bicyclic) bond motifs is 1. The molecule has 1 heterocycles. The van der Waals surface area contributed by atoms with Crippen molar-refractivity contribution in [3.05, 3.63) is 23.8 Å². The van der Waals surface area contributed by atoms with Crippen LogP contribution in [-0.4, -0.2) is 23.3 Å². The number of hydrogen-bond acceptors (Lipinski definition) is 4. The van der Waals surface area contributed by atoms with E-state index in [1.165, 1.54) is 7.11 Å². The molecule has 1 aromatic carbocycles. The van der Waals surface area contributed by atoms with Crippen LogP contribution in [0, 0.1) is 0 Å². The van der Waals surface area contributed by atoms with E-state index in [9.17, 15) is 9.90 Å². The van der Waals surface area contributed by atoms with Crippen LogP contribution in [0.2, 0.25) is 0 Å². The summed E-state index contributed by atoms with van der Waals surface area (Å²) in [5.41, 5.74) is 2.09. The second-order valence-electron chi connectivity index (χ2n) is 4.45. The van der Waals surface area contributed by atoms with E-state index in [-0.39, 0.29) is 11.6 Å². The van der Waals surface area contributed by atoms with Gasteiger partial charge in [0.25, 0.3) is 0 Å². The first kappa shape index (κ1) is 13.1. The Morgan fingerprint density at radius 2 is 2.16 bits per heavy atom. The van der Waals surface area contributed by atoms with E-state index >= 15 is 0 Å². The van der Waals surface area contributed by atoms with Crippen LogP contribution >= 0.6 is 0 Å². The number of rotatable bonds is 2. The number of carbonyl (C=O) groups is 1. The summed E-state index contributed by atoms with van der Waals surface area (Å²) in [5.74, 6) is 0.232. The molecule has 0 spiro atoms. The number of nitrogens with zero attached hydrogens (tertiary/aromatic N) is 2. The lowest BCUT2D eigenvalue weighted by molar-refractivity contribution is 0.181. The fraction of sp³-hybridized carbons (Fsp3) is 0.308. The lowest BCUT2D eigenvalue weighted by atomic mass is 10.0. The highest BCUT2D eigenvalue weighted by Gasteiger charge is 2.12. The number of H-pyrrole nitrogens is 1. The molecule has 0 fully saturated rings. The Balaban J connectivity index is 2.52. The maximum Gasteiger partial charge on any atom is 0.452 e. The fourth-order valence-electron chi connectivity index (χ4n) is 1.77. The highest BCUT2D eigenvalue weighted by atomic mass is 16.5. The van der Waals surface area contributed by atoms with Crippen LogP contribution in [0.3, 0.4) is 0 Å². The van der Waals surface area contributed by atoms with Gasteiger partial charge in [-0.1, -0.05) is 25.0 Å². The highest BCUT2D eigenvalue weighted by Crippen LogP contribution is 2.36. The van der Waals surface area contributed by atoms with Gasteiger partial charge < -0.3 is 14.8 Å². The predicted octanol–water partition coefficient (Wildman–Crippen LogP) is 3.85. The van der Waals surface area contributed by atoms with Crippen molar-refractivity contribution in [3.8, 4) is 5.88 Å². The average molecular weight is 261 g/mol. The molecule has 6 heteroatoms. The van der Waals surface area contributed by atoms with Gasteiger partial charge in [-0.3, -0.25) is 0 Å². The molecule has 19 heavy (non-hydrogen) atoms. The van der Waals surface area contributed by atoms with Crippen molar-refractivity contribution in [2.24, 2.45) is 10.2 Å². The number of azo groups is 1. The molecule has 100 valence electrons. The summed E-state index contributed by atoms with van der Waals surface area (Å²) < 4.78 is 4.37. The first-order valence-electron chi connectivity index (χ1n) is 5.87. The van der Waals surface area contributed by atoms with Gasteiger partial charge in [-0.2, -0.15) is 0 Å². The highest BCUT2D eigenvalue weighted by molar-refractivity contribution is 5.94. The lowest BCUT2D eigenvalue weighted by Crippen LogP contribution is -1.89. The molecule has 1 amide bonds. The van der Waals surface area contributed by atoms with E-state index in [0.29, 0.717) is 5.92 Å². The zero-order chi connectivity index (χ0) is 14.0. The third kappa shape index (κ3) is 2.57. The Morgan fingerprint density at radius 3 is 2.79 bits per heavy atom. The van der Waals surface area contributed by atoms with Gasteiger partial charge >= 0.3 is 6.09 Å². The monoisotopic (exact) mass is 261 g/mol. The number of aromatic nitrogens is 1. The van der Waals surface area contributed by atoms with Crippen LogP contribution < -0.4 is 0 Å². The summed E-state index contributed by atoms with van der Waals surface area (Å²) >= 11 is 0. The third-order valence-corrected chi connectivity index (χ3v) is 2.85. The molecule has 2 rings (SSSR count). The first-order valence-corrected chi connectivity index (χ1v) is 5.87. The molecule has 0 aliphatic carbocycles. The quantitative estimate of drug-likeness (QED) is 0.805. The minimum atomic E-state index is -0.811. The van der Waals surface area contributed by atoms with Gasteiger partial charge in [0.15, 0.2) is 5.69 Å². The Bertz CT molecular complexity index is 644.